The van der Waals surface area contributed by atoms with Gasteiger partial charge in [0.1, 0.15) is 0 Å². The molecule has 0 fully saturated rings. The van der Waals surface area contributed by atoms with Crippen molar-refractivity contribution in [1.82, 2.24) is 10.1 Å². The van der Waals surface area contributed by atoms with Crippen molar-refractivity contribution >= 4 is 5.69 Å². The highest BCUT2D eigenvalue weighted by molar-refractivity contribution is 5.56. The Morgan fingerprint density at radius 2 is 2.07 bits per heavy atom. The first-order valence-electron chi connectivity index (χ1n) is 4.25. The van der Waals surface area contributed by atoms with Crippen molar-refractivity contribution in [1.29, 1.82) is 0 Å². The molecular formula is C9H7N5O. The zero-order valence-electron chi connectivity index (χ0n) is 7.95. The summed E-state index contributed by atoms with van der Waals surface area (Å²) in [5.74, 6) is 1.05. The van der Waals surface area contributed by atoms with Gasteiger partial charge in [-0.15, -0.1) is 0 Å². The lowest BCUT2D eigenvalue weighted by molar-refractivity contribution is 0.425. The van der Waals surface area contributed by atoms with Crippen LogP contribution in [0, 0.1) is 6.92 Å². The maximum Gasteiger partial charge on any atom is 0.257 e. The van der Waals surface area contributed by atoms with Crippen LogP contribution in [-0.4, -0.2) is 10.1 Å². The minimum Gasteiger partial charge on any atom is -0.334 e. The predicted molar refractivity (Wildman–Crippen MR) is 53.3 cm³/mol. The van der Waals surface area contributed by atoms with Crippen LogP contribution in [0.15, 0.2) is 33.9 Å². The minimum absolute atomic E-state index is 0.458. The average molecular weight is 201 g/mol. The third kappa shape index (κ3) is 1.95. The van der Waals surface area contributed by atoms with Crippen LogP contribution in [0.1, 0.15) is 5.82 Å². The maximum atomic E-state index is 8.23. The molecule has 0 spiro atoms. The molecule has 6 heteroatoms. The van der Waals surface area contributed by atoms with Crippen LogP contribution in [-0.2, 0) is 0 Å². The van der Waals surface area contributed by atoms with Gasteiger partial charge in [-0.3, -0.25) is 0 Å². The Kier molecular flexibility index (Phi) is 2.35. The number of aryl methyl sites for hydroxylation is 1. The summed E-state index contributed by atoms with van der Waals surface area (Å²) >= 11 is 0. The molecule has 6 nitrogen and oxygen atoms in total. The normalized spacial score (nSPS) is 9.67. The van der Waals surface area contributed by atoms with E-state index in [-0.39, 0.29) is 0 Å². The van der Waals surface area contributed by atoms with Gasteiger partial charge in [-0.05, 0) is 24.6 Å². The van der Waals surface area contributed by atoms with Gasteiger partial charge in [0.15, 0.2) is 5.82 Å². The van der Waals surface area contributed by atoms with Crippen molar-refractivity contribution in [3.8, 4) is 11.5 Å². The third-order valence-electron chi connectivity index (χ3n) is 1.80. The molecule has 0 radical (unpaired) electrons. The summed E-state index contributed by atoms with van der Waals surface area (Å²) in [7, 11) is 0. The fourth-order valence-electron chi connectivity index (χ4n) is 1.14. The first-order chi connectivity index (χ1) is 7.29. The molecule has 74 valence electrons. The molecule has 0 aliphatic rings. The van der Waals surface area contributed by atoms with Crippen molar-refractivity contribution in [2.45, 2.75) is 6.92 Å². The molecule has 2 rings (SSSR count). The Morgan fingerprint density at radius 3 is 2.60 bits per heavy atom. The van der Waals surface area contributed by atoms with Gasteiger partial charge in [-0.25, -0.2) is 0 Å². The molecule has 0 bridgehead atoms. The number of rotatable bonds is 2. The predicted octanol–water partition coefficient (Wildman–Crippen LogP) is 2.99. The molecule has 0 atom stereocenters. The first-order valence-corrected chi connectivity index (χ1v) is 4.25. The Hall–Kier alpha value is -2.33. The summed E-state index contributed by atoms with van der Waals surface area (Å²) in [5.41, 5.74) is 9.58. The molecule has 0 aliphatic heterocycles. The molecule has 0 saturated carbocycles. The standard InChI is InChI=1S/C9H7N5O/c1-6-11-9(15-13-6)7-2-4-8(5-3-7)12-14-10/h2-5H,1H3. The van der Waals surface area contributed by atoms with E-state index in [1.54, 1.807) is 31.2 Å². The molecule has 2 aromatic rings. The molecule has 0 N–H and O–H groups in total. The molecule has 1 aromatic carbocycles. The van der Waals surface area contributed by atoms with Crippen LogP contribution in [0.3, 0.4) is 0 Å². The van der Waals surface area contributed by atoms with Crippen molar-refractivity contribution < 1.29 is 4.52 Å². The highest BCUT2D eigenvalue weighted by Crippen LogP contribution is 2.20. The molecule has 0 unspecified atom stereocenters. The summed E-state index contributed by atoms with van der Waals surface area (Å²) in [6.07, 6.45) is 0. The van der Waals surface area contributed by atoms with Gasteiger partial charge < -0.3 is 4.52 Å². The topological polar surface area (TPSA) is 87.7 Å². The molecule has 0 aliphatic carbocycles. The second-order valence-corrected chi connectivity index (χ2v) is 2.88. The van der Waals surface area contributed by atoms with Gasteiger partial charge in [0.25, 0.3) is 5.89 Å². The van der Waals surface area contributed by atoms with E-state index < -0.39 is 0 Å². The number of azide groups is 1. The summed E-state index contributed by atoms with van der Waals surface area (Å²) in [4.78, 5) is 6.76. The maximum absolute atomic E-state index is 8.23. The monoisotopic (exact) mass is 201 g/mol. The summed E-state index contributed by atoms with van der Waals surface area (Å²) in [5, 5.41) is 7.14. The Balaban J connectivity index is 2.35. The van der Waals surface area contributed by atoms with Crippen LogP contribution < -0.4 is 0 Å². The molecule has 15 heavy (non-hydrogen) atoms. The highest BCUT2D eigenvalue weighted by atomic mass is 16.5. The number of hydrogen-bond donors (Lipinski definition) is 0. The van der Waals surface area contributed by atoms with Gasteiger partial charge in [0.05, 0.1) is 0 Å². The molecular weight excluding hydrogens is 194 g/mol. The fraction of sp³-hybridized carbons (Fsp3) is 0.111. The molecule has 0 amide bonds. The zero-order valence-corrected chi connectivity index (χ0v) is 7.95. The van der Waals surface area contributed by atoms with Crippen molar-refractivity contribution in [3.63, 3.8) is 0 Å². The minimum atomic E-state index is 0.458. The Bertz CT molecular complexity index is 510. The summed E-state index contributed by atoms with van der Waals surface area (Å²) in [6, 6.07) is 6.90. The van der Waals surface area contributed by atoms with Gasteiger partial charge in [-0.1, -0.05) is 22.4 Å². The van der Waals surface area contributed by atoms with Gasteiger partial charge in [0, 0.05) is 16.2 Å². The van der Waals surface area contributed by atoms with E-state index in [9.17, 15) is 0 Å². The third-order valence-corrected chi connectivity index (χ3v) is 1.80. The first kappa shape index (κ1) is 9.23. The SMILES string of the molecule is Cc1noc(-c2ccc(N=[N+]=[N-])cc2)n1. The summed E-state index contributed by atoms with van der Waals surface area (Å²) < 4.78 is 4.99. The second kappa shape index (κ2) is 3.81. The highest BCUT2D eigenvalue weighted by Gasteiger charge is 2.04. The summed E-state index contributed by atoms with van der Waals surface area (Å²) in [6.45, 7) is 1.75. The Morgan fingerprint density at radius 1 is 1.33 bits per heavy atom. The van der Waals surface area contributed by atoms with E-state index in [1.165, 1.54) is 0 Å². The largest absolute Gasteiger partial charge is 0.334 e. The fourth-order valence-corrected chi connectivity index (χ4v) is 1.14. The van der Waals surface area contributed by atoms with E-state index >= 15 is 0 Å². The van der Waals surface area contributed by atoms with E-state index in [0.29, 0.717) is 17.4 Å². The van der Waals surface area contributed by atoms with Crippen LogP contribution in [0.2, 0.25) is 0 Å². The second-order valence-electron chi connectivity index (χ2n) is 2.88. The van der Waals surface area contributed by atoms with Crippen molar-refractivity contribution in [2.24, 2.45) is 5.11 Å². The quantitative estimate of drug-likeness (QED) is 0.425. The van der Waals surface area contributed by atoms with E-state index in [0.717, 1.165) is 5.56 Å². The van der Waals surface area contributed by atoms with Crippen molar-refractivity contribution in [2.75, 3.05) is 0 Å². The van der Waals surface area contributed by atoms with Gasteiger partial charge >= 0.3 is 0 Å². The molecule has 1 heterocycles. The van der Waals surface area contributed by atoms with Crippen molar-refractivity contribution in [3.05, 3.63) is 40.5 Å². The van der Waals surface area contributed by atoms with Crippen LogP contribution in [0.5, 0.6) is 0 Å². The number of nitrogens with zero attached hydrogens (tertiary/aromatic N) is 5. The van der Waals surface area contributed by atoms with E-state index in [2.05, 4.69) is 20.2 Å². The van der Waals surface area contributed by atoms with Gasteiger partial charge in [0.2, 0.25) is 0 Å². The van der Waals surface area contributed by atoms with Crippen LogP contribution in [0.25, 0.3) is 21.9 Å². The smallest absolute Gasteiger partial charge is 0.257 e. The van der Waals surface area contributed by atoms with Gasteiger partial charge in [-0.2, -0.15) is 4.98 Å². The van der Waals surface area contributed by atoms with E-state index in [1.807, 2.05) is 0 Å². The van der Waals surface area contributed by atoms with Crippen LogP contribution >= 0.6 is 0 Å². The number of aromatic nitrogens is 2. The lowest BCUT2D eigenvalue weighted by Gasteiger charge is -1.93. The van der Waals surface area contributed by atoms with E-state index in [4.69, 9.17) is 10.1 Å². The average Bonchev–Trinajstić information content (AvgIpc) is 2.67. The molecule has 1 aromatic heterocycles. The lowest BCUT2D eigenvalue weighted by Crippen LogP contribution is -1.76. The number of hydrogen-bond acceptors (Lipinski definition) is 4. The lowest BCUT2D eigenvalue weighted by atomic mass is 10.2. The number of benzene rings is 1. The zero-order chi connectivity index (χ0) is 10.7. The molecule has 0 saturated heterocycles. The van der Waals surface area contributed by atoms with Crippen LogP contribution in [0.4, 0.5) is 5.69 Å². The Labute approximate surface area is 85.2 Å².